The van der Waals surface area contributed by atoms with Crippen molar-refractivity contribution in [2.75, 3.05) is 26.0 Å². The molecule has 0 aliphatic carbocycles. The number of carbonyl (C=O) groups excluding carboxylic acids is 1. The highest BCUT2D eigenvalue weighted by atomic mass is 35.5. The minimum atomic E-state index is -0.407. The first-order valence-corrected chi connectivity index (χ1v) is 8.43. The van der Waals surface area contributed by atoms with Gasteiger partial charge in [-0.1, -0.05) is 35.9 Å². The van der Waals surface area contributed by atoms with Crippen LogP contribution in [-0.2, 0) is 4.79 Å². The molecule has 0 unspecified atom stereocenters. The van der Waals surface area contributed by atoms with Crippen LogP contribution in [0.25, 0.3) is 0 Å². The number of ether oxygens (including phenoxy) is 1. The zero-order chi connectivity index (χ0) is 16.7. The van der Waals surface area contributed by atoms with E-state index in [4.69, 9.17) is 16.3 Å². The van der Waals surface area contributed by atoms with Gasteiger partial charge in [-0.2, -0.15) is 0 Å². The molecule has 3 nitrogen and oxygen atoms in total. The van der Waals surface area contributed by atoms with E-state index in [1.807, 2.05) is 18.2 Å². The predicted molar refractivity (Wildman–Crippen MR) is 91.7 cm³/mol. The molecule has 122 valence electrons. The summed E-state index contributed by atoms with van der Waals surface area (Å²) in [4.78, 5) is 14.5. The predicted octanol–water partition coefficient (Wildman–Crippen LogP) is 4.11. The van der Waals surface area contributed by atoms with Gasteiger partial charge in [0.25, 0.3) is 0 Å². The van der Waals surface area contributed by atoms with Crippen LogP contribution >= 0.6 is 23.4 Å². The minimum Gasteiger partial charge on any atom is -0.489 e. The largest absolute Gasteiger partial charge is 0.489 e. The number of likely N-dealkylation sites (N-methyl/N-ethyl adjacent to an activating group) is 1. The van der Waals surface area contributed by atoms with Crippen LogP contribution in [0.1, 0.15) is 0 Å². The molecule has 6 heteroatoms. The van der Waals surface area contributed by atoms with Gasteiger partial charge in [-0.05, 0) is 24.3 Å². The fraction of sp³-hybridized carbons (Fsp3) is 0.235. The lowest BCUT2D eigenvalue weighted by Gasteiger charge is -2.17. The van der Waals surface area contributed by atoms with Gasteiger partial charge in [-0.3, -0.25) is 4.79 Å². The van der Waals surface area contributed by atoms with Gasteiger partial charge in [-0.25, -0.2) is 4.39 Å². The van der Waals surface area contributed by atoms with Crippen molar-refractivity contribution in [3.63, 3.8) is 0 Å². The van der Waals surface area contributed by atoms with E-state index in [0.29, 0.717) is 17.3 Å². The van der Waals surface area contributed by atoms with Crippen molar-refractivity contribution in [1.82, 2.24) is 4.90 Å². The molecular weight excluding hydrogens is 337 g/mol. The standard InChI is InChI=1S/C17H17ClFNO2S/c1-20(10-11-22-15-8-4-3-7-14(15)19)17(21)12-23-16-9-5-2-6-13(16)18/h2-9H,10-12H2,1H3. The van der Waals surface area contributed by atoms with E-state index in [9.17, 15) is 9.18 Å². The van der Waals surface area contributed by atoms with Gasteiger partial charge in [0, 0.05) is 11.9 Å². The Hall–Kier alpha value is -1.72. The third-order valence-electron chi connectivity index (χ3n) is 3.13. The van der Waals surface area contributed by atoms with Crippen molar-refractivity contribution >= 4 is 29.3 Å². The Morgan fingerprint density at radius 1 is 1.22 bits per heavy atom. The van der Waals surface area contributed by atoms with Gasteiger partial charge < -0.3 is 9.64 Å². The smallest absolute Gasteiger partial charge is 0.232 e. The Balaban J connectivity index is 1.75. The molecule has 0 aromatic heterocycles. The molecule has 0 radical (unpaired) electrons. The number of rotatable bonds is 7. The van der Waals surface area contributed by atoms with E-state index >= 15 is 0 Å². The van der Waals surface area contributed by atoms with Crippen LogP contribution in [0.4, 0.5) is 4.39 Å². The maximum atomic E-state index is 13.4. The highest BCUT2D eigenvalue weighted by molar-refractivity contribution is 8.00. The van der Waals surface area contributed by atoms with Crippen molar-refractivity contribution < 1.29 is 13.9 Å². The molecule has 2 aromatic rings. The molecule has 23 heavy (non-hydrogen) atoms. The van der Waals surface area contributed by atoms with Gasteiger partial charge in [0.15, 0.2) is 11.6 Å². The molecule has 0 aliphatic rings. The molecule has 0 saturated carbocycles. The SMILES string of the molecule is CN(CCOc1ccccc1F)C(=O)CSc1ccccc1Cl. The van der Waals surface area contributed by atoms with Crippen molar-refractivity contribution in [3.8, 4) is 5.75 Å². The van der Waals surface area contributed by atoms with Crippen molar-refractivity contribution in [1.29, 1.82) is 0 Å². The van der Waals surface area contributed by atoms with Gasteiger partial charge in [0.1, 0.15) is 6.61 Å². The van der Waals surface area contributed by atoms with Crippen molar-refractivity contribution in [2.45, 2.75) is 4.90 Å². The first-order valence-electron chi connectivity index (χ1n) is 7.06. The monoisotopic (exact) mass is 353 g/mol. The van der Waals surface area contributed by atoms with E-state index < -0.39 is 5.82 Å². The number of benzene rings is 2. The maximum Gasteiger partial charge on any atom is 0.232 e. The summed E-state index contributed by atoms with van der Waals surface area (Å²) in [5.74, 6) is 0.0431. The van der Waals surface area contributed by atoms with E-state index in [2.05, 4.69) is 0 Å². The zero-order valence-corrected chi connectivity index (χ0v) is 14.2. The number of hydrogen-bond donors (Lipinski definition) is 0. The number of para-hydroxylation sites is 1. The van der Waals surface area contributed by atoms with Crippen LogP contribution in [0.15, 0.2) is 53.4 Å². The summed E-state index contributed by atoms with van der Waals surface area (Å²) in [5.41, 5.74) is 0. The Kier molecular flexibility index (Phi) is 6.74. The first kappa shape index (κ1) is 17.6. The second-order valence-electron chi connectivity index (χ2n) is 4.81. The van der Waals surface area contributed by atoms with Crippen LogP contribution in [-0.4, -0.2) is 36.8 Å². The summed E-state index contributed by atoms with van der Waals surface area (Å²) in [6.45, 7) is 0.621. The summed E-state index contributed by atoms with van der Waals surface area (Å²) >= 11 is 7.44. The van der Waals surface area contributed by atoms with E-state index in [1.165, 1.54) is 17.8 Å². The van der Waals surface area contributed by atoms with Gasteiger partial charge >= 0.3 is 0 Å². The maximum absolute atomic E-state index is 13.4. The van der Waals surface area contributed by atoms with Crippen LogP contribution in [0.3, 0.4) is 0 Å². The molecule has 0 heterocycles. The number of amides is 1. The van der Waals surface area contributed by atoms with E-state index in [-0.39, 0.29) is 18.3 Å². The molecular formula is C17H17ClFNO2S. The Morgan fingerprint density at radius 3 is 2.65 bits per heavy atom. The lowest BCUT2D eigenvalue weighted by atomic mass is 10.3. The van der Waals surface area contributed by atoms with Crippen LogP contribution in [0, 0.1) is 5.82 Å². The highest BCUT2D eigenvalue weighted by Gasteiger charge is 2.11. The molecule has 0 spiro atoms. The number of nitrogens with zero attached hydrogens (tertiary/aromatic N) is 1. The van der Waals surface area contributed by atoms with Gasteiger partial charge in [0.2, 0.25) is 5.91 Å². The number of hydrogen-bond acceptors (Lipinski definition) is 3. The lowest BCUT2D eigenvalue weighted by Crippen LogP contribution is -2.32. The molecule has 0 fully saturated rings. The first-order chi connectivity index (χ1) is 11.1. The van der Waals surface area contributed by atoms with Crippen LogP contribution in [0.5, 0.6) is 5.75 Å². The van der Waals surface area contributed by atoms with Crippen LogP contribution in [0.2, 0.25) is 5.02 Å². The topological polar surface area (TPSA) is 29.5 Å². The van der Waals surface area contributed by atoms with Crippen molar-refractivity contribution in [2.24, 2.45) is 0 Å². The van der Waals surface area contributed by atoms with Gasteiger partial charge in [0.05, 0.1) is 17.3 Å². The second-order valence-corrected chi connectivity index (χ2v) is 6.24. The number of carbonyl (C=O) groups is 1. The fourth-order valence-electron chi connectivity index (χ4n) is 1.79. The summed E-state index contributed by atoms with van der Waals surface area (Å²) in [6.07, 6.45) is 0. The fourth-order valence-corrected chi connectivity index (χ4v) is 2.97. The number of thioether (sulfide) groups is 1. The summed E-state index contributed by atoms with van der Waals surface area (Å²) in [5, 5.41) is 0.635. The third-order valence-corrected chi connectivity index (χ3v) is 4.63. The van der Waals surface area contributed by atoms with Gasteiger partial charge in [-0.15, -0.1) is 11.8 Å². The second kappa shape index (κ2) is 8.79. The Morgan fingerprint density at radius 2 is 1.91 bits per heavy atom. The van der Waals surface area contributed by atoms with Crippen molar-refractivity contribution in [3.05, 3.63) is 59.4 Å². The number of halogens is 2. The summed E-state index contributed by atoms with van der Waals surface area (Å²) < 4.78 is 18.7. The molecule has 0 N–H and O–H groups in total. The molecule has 2 rings (SSSR count). The molecule has 0 atom stereocenters. The third kappa shape index (κ3) is 5.44. The minimum absolute atomic E-state index is 0.0351. The lowest BCUT2D eigenvalue weighted by molar-refractivity contribution is -0.127. The van der Waals surface area contributed by atoms with E-state index in [1.54, 1.807) is 36.2 Å². The molecule has 2 aromatic carbocycles. The average Bonchev–Trinajstić information content (AvgIpc) is 2.55. The average molecular weight is 354 g/mol. The Labute approximate surface area is 144 Å². The van der Waals surface area contributed by atoms with Crippen LogP contribution < -0.4 is 4.74 Å². The quantitative estimate of drug-likeness (QED) is 0.701. The zero-order valence-electron chi connectivity index (χ0n) is 12.7. The normalized spacial score (nSPS) is 10.4. The van der Waals surface area contributed by atoms with E-state index in [0.717, 1.165) is 4.90 Å². The molecule has 0 aliphatic heterocycles. The highest BCUT2D eigenvalue weighted by Crippen LogP contribution is 2.26. The Bertz CT molecular complexity index is 669. The summed E-state index contributed by atoms with van der Waals surface area (Å²) in [6, 6.07) is 13.6. The molecule has 0 bridgehead atoms. The molecule has 0 saturated heterocycles. The summed E-state index contributed by atoms with van der Waals surface area (Å²) in [7, 11) is 1.69. The molecule has 1 amide bonds.